The summed E-state index contributed by atoms with van der Waals surface area (Å²) >= 11 is 0. The maximum Gasteiger partial charge on any atom is 0.109 e. The first kappa shape index (κ1) is 8.80. The smallest absolute Gasteiger partial charge is 0.109 e. The lowest BCUT2D eigenvalue weighted by atomic mass is 10.0. The molecule has 2 heteroatoms. The molecule has 1 aliphatic carbocycles. The summed E-state index contributed by atoms with van der Waals surface area (Å²) < 4.78 is 0. The van der Waals surface area contributed by atoms with E-state index in [1.165, 1.54) is 41.9 Å². The van der Waals surface area contributed by atoms with E-state index in [9.17, 15) is 0 Å². The molecule has 1 aromatic carbocycles. The maximum absolute atomic E-state index is 4.89. The molecule has 1 aromatic rings. The number of rotatable bonds is 0. The van der Waals surface area contributed by atoms with Crippen molar-refractivity contribution in [2.45, 2.75) is 38.8 Å². The third-order valence-electron chi connectivity index (χ3n) is 4.32. The quantitative estimate of drug-likeness (QED) is 0.645. The highest BCUT2D eigenvalue weighted by molar-refractivity contribution is 5.91. The Morgan fingerprint density at radius 3 is 3.19 bits per heavy atom. The molecule has 0 N–H and O–H groups in total. The van der Waals surface area contributed by atoms with Gasteiger partial charge < -0.3 is 4.90 Å². The van der Waals surface area contributed by atoms with Crippen LogP contribution >= 0.6 is 0 Å². The first-order valence-corrected chi connectivity index (χ1v) is 6.26. The summed E-state index contributed by atoms with van der Waals surface area (Å²) in [6.07, 6.45) is 4.10. The zero-order valence-corrected chi connectivity index (χ0v) is 9.61. The molecule has 2 aliphatic heterocycles. The van der Waals surface area contributed by atoms with Gasteiger partial charge in [0.05, 0.1) is 5.69 Å². The van der Waals surface area contributed by atoms with Crippen LogP contribution in [-0.4, -0.2) is 16.8 Å². The molecule has 0 spiro atoms. The van der Waals surface area contributed by atoms with Gasteiger partial charge in [-0.1, -0.05) is 12.1 Å². The zero-order valence-electron chi connectivity index (χ0n) is 9.61. The fraction of sp³-hybridized carbons (Fsp3) is 0.500. The normalized spacial score (nSPS) is 30.1. The standard InChI is InChI=1S/C14H16N2/c1-9-2-3-11-8-16-12-5-4-10(7-12)14(16)15-13(11)6-9/h2-3,6,10,12H,4-5,7-8H2,1H3. The zero-order chi connectivity index (χ0) is 10.7. The number of piperidine rings is 1. The number of fused-ring (bicyclic) bond motifs is 6. The highest BCUT2D eigenvalue weighted by Crippen LogP contribution is 2.44. The van der Waals surface area contributed by atoms with Crippen molar-refractivity contribution < 1.29 is 0 Å². The van der Waals surface area contributed by atoms with Crippen molar-refractivity contribution in [1.29, 1.82) is 0 Å². The second-order valence-electron chi connectivity index (χ2n) is 5.39. The minimum Gasteiger partial charge on any atom is -0.352 e. The van der Waals surface area contributed by atoms with Gasteiger partial charge in [-0.25, -0.2) is 4.99 Å². The third-order valence-corrected chi connectivity index (χ3v) is 4.32. The van der Waals surface area contributed by atoms with E-state index in [0.717, 1.165) is 18.5 Å². The van der Waals surface area contributed by atoms with E-state index in [1.807, 2.05) is 0 Å². The Morgan fingerprint density at radius 2 is 2.25 bits per heavy atom. The Balaban J connectivity index is 1.84. The van der Waals surface area contributed by atoms with Crippen LogP contribution in [0.1, 0.15) is 30.4 Å². The molecular formula is C14H16N2. The van der Waals surface area contributed by atoms with Gasteiger partial charge in [0.15, 0.2) is 0 Å². The number of hydrogen-bond donors (Lipinski definition) is 0. The van der Waals surface area contributed by atoms with Crippen molar-refractivity contribution in [1.82, 2.24) is 4.90 Å². The van der Waals surface area contributed by atoms with Crippen LogP contribution in [0, 0.1) is 12.8 Å². The fourth-order valence-electron chi connectivity index (χ4n) is 3.48. The lowest BCUT2D eigenvalue weighted by Gasteiger charge is -2.34. The van der Waals surface area contributed by atoms with Crippen LogP contribution in [0.25, 0.3) is 0 Å². The Kier molecular flexibility index (Phi) is 1.58. The highest BCUT2D eigenvalue weighted by atomic mass is 15.3. The predicted octanol–water partition coefficient (Wildman–Crippen LogP) is 3.02. The molecule has 1 saturated heterocycles. The van der Waals surface area contributed by atoms with Gasteiger partial charge in [-0.3, -0.25) is 0 Å². The van der Waals surface area contributed by atoms with Gasteiger partial charge in [-0.05, 0) is 43.4 Å². The van der Waals surface area contributed by atoms with E-state index in [1.54, 1.807) is 0 Å². The molecule has 0 aromatic heterocycles. The van der Waals surface area contributed by atoms with Crippen molar-refractivity contribution in [2.24, 2.45) is 10.9 Å². The molecule has 2 fully saturated rings. The lowest BCUT2D eigenvalue weighted by molar-refractivity contribution is 0.317. The maximum atomic E-state index is 4.89. The number of benzene rings is 1. The third kappa shape index (κ3) is 1.05. The highest BCUT2D eigenvalue weighted by Gasteiger charge is 2.44. The lowest BCUT2D eigenvalue weighted by Crippen LogP contribution is -2.38. The fourth-order valence-corrected chi connectivity index (χ4v) is 3.48. The Hall–Kier alpha value is -1.31. The van der Waals surface area contributed by atoms with E-state index in [0.29, 0.717) is 0 Å². The van der Waals surface area contributed by atoms with E-state index < -0.39 is 0 Å². The SMILES string of the molecule is Cc1ccc2c(c1)N=C1C3CCC(C3)N1C2. The van der Waals surface area contributed by atoms with Crippen LogP contribution in [0.15, 0.2) is 23.2 Å². The Labute approximate surface area is 96.0 Å². The summed E-state index contributed by atoms with van der Waals surface area (Å²) in [5.41, 5.74) is 3.94. The second-order valence-corrected chi connectivity index (χ2v) is 5.39. The molecule has 3 aliphatic rings. The summed E-state index contributed by atoms with van der Waals surface area (Å²) in [5.74, 6) is 2.15. The van der Waals surface area contributed by atoms with Crippen LogP contribution < -0.4 is 0 Å². The molecule has 1 saturated carbocycles. The summed E-state index contributed by atoms with van der Waals surface area (Å²) in [6, 6.07) is 7.47. The molecule has 0 amide bonds. The predicted molar refractivity (Wildman–Crippen MR) is 64.9 cm³/mol. The van der Waals surface area contributed by atoms with Gasteiger partial charge in [-0.15, -0.1) is 0 Å². The molecular weight excluding hydrogens is 196 g/mol. The van der Waals surface area contributed by atoms with Gasteiger partial charge in [-0.2, -0.15) is 0 Å². The summed E-state index contributed by atoms with van der Waals surface area (Å²) in [7, 11) is 0. The average molecular weight is 212 g/mol. The average Bonchev–Trinajstić information content (AvgIpc) is 2.87. The molecule has 16 heavy (non-hydrogen) atoms. The van der Waals surface area contributed by atoms with Crippen molar-refractivity contribution >= 4 is 11.5 Å². The molecule has 82 valence electrons. The minimum absolute atomic E-state index is 0.763. The first-order chi connectivity index (χ1) is 7.81. The van der Waals surface area contributed by atoms with Crippen LogP contribution in [0.3, 0.4) is 0 Å². The molecule has 2 nitrogen and oxygen atoms in total. The summed E-state index contributed by atoms with van der Waals surface area (Å²) in [4.78, 5) is 7.44. The van der Waals surface area contributed by atoms with E-state index in [4.69, 9.17) is 4.99 Å². The van der Waals surface area contributed by atoms with E-state index in [2.05, 4.69) is 30.0 Å². The van der Waals surface area contributed by atoms with Gasteiger partial charge in [0.25, 0.3) is 0 Å². The molecule has 2 atom stereocenters. The van der Waals surface area contributed by atoms with Crippen molar-refractivity contribution in [3.63, 3.8) is 0 Å². The van der Waals surface area contributed by atoms with Gasteiger partial charge in [0.2, 0.25) is 0 Å². The van der Waals surface area contributed by atoms with E-state index in [-0.39, 0.29) is 0 Å². The van der Waals surface area contributed by atoms with Crippen LogP contribution in [0.5, 0.6) is 0 Å². The number of hydrogen-bond acceptors (Lipinski definition) is 2. The van der Waals surface area contributed by atoms with Crippen molar-refractivity contribution in [2.75, 3.05) is 0 Å². The summed E-state index contributed by atoms with van der Waals surface area (Å²) in [6.45, 7) is 3.24. The largest absolute Gasteiger partial charge is 0.352 e. The molecule has 0 radical (unpaired) electrons. The molecule has 2 unspecified atom stereocenters. The summed E-state index contributed by atoms with van der Waals surface area (Å²) in [5, 5.41) is 0. The van der Waals surface area contributed by atoms with Gasteiger partial charge in [0.1, 0.15) is 5.84 Å². The number of amidine groups is 1. The van der Waals surface area contributed by atoms with Crippen LogP contribution in [-0.2, 0) is 6.54 Å². The molecule has 2 heterocycles. The first-order valence-electron chi connectivity index (χ1n) is 6.26. The van der Waals surface area contributed by atoms with Gasteiger partial charge in [0, 0.05) is 18.5 Å². The minimum atomic E-state index is 0.763. The second kappa shape index (κ2) is 2.88. The van der Waals surface area contributed by atoms with Crippen molar-refractivity contribution in [3.8, 4) is 0 Å². The van der Waals surface area contributed by atoms with E-state index >= 15 is 0 Å². The van der Waals surface area contributed by atoms with Crippen molar-refractivity contribution in [3.05, 3.63) is 29.3 Å². The number of aryl methyl sites for hydroxylation is 1. The number of nitrogens with zero attached hydrogens (tertiary/aromatic N) is 2. The Morgan fingerprint density at radius 1 is 1.31 bits per heavy atom. The Bertz CT molecular complexity index is 490. The van der Waals surface area contributed by atoms with Gasteiger partial charge >= 0.3 is 0 Å². The topological polar surface area (TPSA) is 15.6 Å². The monoisotopic (exact) mass is 212 g/mol. The molecule has 2 bridgehead atoms. The number of aliphatic imine (C=N–C) groups is 1. The van der Waals surface area contributed by atoms with Crippen LogP contribution in [0.2, 0.25) is 0 Å². The molecule has 4 rings (SSSR count). The van der Waals surface area contributed by atoms with Crippen LogP contribution in [0.4, 0.5) is 5.69 Å².